The van der Waals surface area contributed by atoms with E-state index in [-0.39, 0.29) is 0 Å². The fraction of sp³-hybridized carbons (Fsp3) is 0.462. The number of aromatic nitrogens is 1. The van der Waals surface area contributed by atoms with Gasteiger partial charge in [-0.3, -0.25) is 0 Å². The first kappa shape index (κ1) is 10.0. The molecule has 1 aromatic rings. The number of nitrogen functional groups attached to an aromatic ring is 1. The van der Waals surface area contributed by atoms with Crippen molar-refractivity contribution >= 4 is 5.82 Å². The molecule has 1 saturated carbocycles. The van der Waals surface area contributed by atoms with Crippen LogP contribution in [0.2, 0.25) is 0 Å². The Morgan fingerprint density at radius 1 is 1.27 bits per heavy atom. The van der Waals surface area contributed by atoms with Crippen LogP contribution in [0.15, 0.2) is 18.3 Å². The summed E-state index contributed by atoms with van der Waals surface area (Å²) >= 11 is 0. The molecule has 1 heterocycles. The largest absolute Gasteiger partial charge is 0.383 e. The summed E-state index contributed by atoms with van der Waals surface area (Å²) in [6.07, 6.45) is 8.19. The molecule has 15 heavy (non-hydrogen) atoms. The third kappa shape index (κ3) is 2.73. The van der Waals surface area contributed by atoms with Gasteiger partial charge in [0.15, 0.2) is 0 Å². The predicted octanol–water partition coefficient (Wildman–Crippen LogP) is 2.60. The van der Waals surface area contributed by atoms with Gasteiger partial charge in [0, 0.05) is 12.1 Å². The van der Waals surface area contributed by atoms with Gasteiger partial charge in [-0.1, -0.05) is 31.1 Å². The maximum absolute atomic E-state index is 5.72. The second-order valence-corrected chi connectivity index (χ2v) is 4.04. The van der Waals surface area contributed by atoms with Gasteiger partial charge < -0.3 is 5.73 Å². The fourth-order valence-corrected chi connectivity index (χ4v) is 1.95. The van der Waals surface area contributed by atoms with Gasteiger partial charge in [-0.2, -0.15) is 0 Å². The number of nitrogens with zero attached hydrogens (tertiary/aromatic N) is 1. The third-order valence-corrected chi connectivity index (χ3v) is 2.85. The SMILES string of the molecule is Nc1ncccc1C#CC1CCCCC1. The lowest BCUT2D eigenvalue weighted by molar-refractivity contribution is 0.430. The van der Waals surface area contributed by atoms with Gasteiger partial charge in [-0.25, -0.2) is 4.98 Å². The zero-order valence-electron chi connectivity index (χ0n) is 8.87. The van der Waals surface area contributed by atoms with Gasteiger partial charge in [-0.05, 0) is 25.0 Å². The quantitative estimate of drug-likeness (QED) is 0.654. The average Bonchev–Trinajstić information content (AvgIpc) is 2.29. The number of anilines is 1. The van der Waals surface area contributed by atoms with Crippen LogP contribution in [0, 0.1) is 17.8 Å². The van der Waals surface area contributed by atoms with Crippen LogP contribution in [0.3, 0.4) is 0 Å². The Kier molecular flexibility index (Phi) is 3.24. The van der Waals surface area contributed by atoms with Crippen LogP contribution in [0.25, 0.3) is 0 Å². The van der Waals surface area contributed by atoms with E-state index in [4.69, 9.17) is 5.73 Å². The molecule has 2 heteroatoms. The lowest BCUT2D eigenvalue weighted by Gasteiger charge is -2.15. The van der Waals surface area contributed by atoms with Crippen molar-refractivity contribution in [3.8, 4) is 11.8 Å². The van der Waals surface area contributed by atoms with Crippen LogP contribution < -0.4 is 5.73 Å². The minimum atomic E-state index is 0.542. The molecule has 1 aliphatic rings. The van der Waals surface area contributed by atoms with E-state index in [0.29, 0.717) is 11.7 Å². The van der Waals surface area contributed by atoms with Gasteiger partial charge in [0.1, 0.15) is 5.82 Å². The van der Waals surface area contributed by atoms with E-state index in [2.05, 4.69) is 16.8 Å². The van der Waals surface area contributed by atoms with Crippen LogP contribution in [-0.2, 0) is 0 Å². The van der Waals surface area contributed by atoms with Crippen molar-refractivity contribution in [3.63, 3.8) is 0 Å². The van der Waals surface area contributed by atoms with Crippen molar-refractivity contribution in [1.82, 2.24) is 4.98 Å². The Morgan fingerprint density at radius 2 is 2.07 bits per heavy atom. The first-order chi connectivity index (χ1) is 7.36. The summed E-state index contributed by atoms with van der Waals surface area (Å²) in [6, 6.07) is 3.80. The van der Waals surface area contributed by atoms with Crippen molar-refractivity contribution in [3.05, 3.63) is 23.9 Å². The summed E-state index contributed by atoms with van der Waals surface area (Å²) in [6.45, 7) is 0. The Morgan fingerprint density at radius 3 is 2.80 bits per heavy atom. The second kappa shape index (κ2) is 4.84. The Bertz CT molecular complexity index is 381. The van der Waals surface area contributed by atoms with Crippen LogP contribution >= 0.6 is 0 Å². The topological polar surface area (TPSA) is 38.9 Å². The molecule has 0 radical (unpaired) electrons. The highest BCUT2D eigenvalue weighted by atomic mass is 14.8. The van der Waals surface area contributed by atoms with Crippen molar-refractivity contribution in [2.75, 3.05) is 5.73 Å². The maximum Gasteiger partial charge on any atom is 0.139 e. The molecule has 1 aromatic heterocycles. The predicted molar refractivity (Wildman–Crippen MR) is 62.1 cm³/mol. The monoisotopic (exact) mass is 200 g/mol. The van der Waals surface area contributed by atoms with Crippen molar-refractivity contribution in [2.24, 2.45) is 5.92 Å². The van der Waals surface area contributed by atoms with Crippen LogP contribution in [0.4, 0.5) is 5.82 Å². The molecule has 0 saturated heterocycles. The molecule has 0 unspecified atom stereocenters. The normalized spacial score (nSPS) is 16.8. The summed E-state index contributed by atoms with van der Waals surface area (Å²) < 4.78 is 0. The second-order valence-electron chi connectivity index (χ2n) is 4.04. The van der Waals surface area contributed by atoms with Gasteiger partial charge in [0.05, 0.1) is 5.56 Å². The molecular formula is C13H16N2. The standard InChI is InChI=1S/C13H16N2/c14-13-12(7-4-10-15-13)9-8-11-5-2-1-3-6-11/h4,7,10-11H,1-3,5-6H2,(H2,14,15). The van der Waals surface area contributed by atoms with E-state index in [1.807, 2.05) is 12.1 Å². The minimum Gasteiger partial charge on any atom is -0.383 e. The third-order valence-electron chi connectivity index (χ3n) is 2.85. The number of hydrogen-bond acceptors (Lipinski definition) is 2. The Labute approximate surface area is 90.9 Å². The fourth-order valence-electron chi connectivity index (χ4n) is 1.95. The molecule has 0 amide bonds. The van der Waals surface area contributed by atoms with Crippen LogP contribution in [0.1, 0.15) is 37.7 Å². The minimum absolute atomic E-state index is 0.542. The highest BCUT2D eigenvalue weighted by Gasteiger charge is 2.09. The molecule has 0 bridgehead atoms. The highest BCUT2D eigenvalue weighted by Crippen LogP contribution is 2.22. The molecule has 0 spiro atoms. The lowest BCUT2D eigenvalue weighted by atomic mass is 9.90. The van der Waals surface area contributed by atoms with E-state index >= 15 is 0 Å². The zero-order chi connectivity index (χ0) is 10.5. The molecule has 1 aliphatic carbocycles. The Hall–Kier alpha value is -1.49. The highest BCUT2D eigenvalue weighted by molar-refractivity contribution is 5.50. The summed E-state index contributed by atoms with van der Waals surface area (Å²) in [4.78, 5) is 4.02. The first-order valence-corrected chi connectivity index (χ1v) is 5.58. The summed E-state index contributed by atoms with van der Waals surface area (Å²) in [5.41, 5.74) is 6.59. The summed E-state index contributed by atoms with van der Waals surface area (Å²) in [5.74, 6) is 7.56. The van der Waals surface area contributed by atoms with Crippen molar-refractivity contribution < 1.29 is 0 Å². The van der Waals surface area contributed by atoms with Gasteiger partial charge in [-0.15, -0.1) is 0 Å². The number of pyridine rings is 1. The number of hydrogen-bond donors (Lipinski definition) is 1. The molecule has 78 valence electrons. The smallest absolute Gasteiger partial charge is 0.139 e. The molecule has 2 rings (SSSR count). The van der Waals surface area contributed by atoms with Gasteiger partial charge in [0.2, 0.25) is 0 Å². The number of nitrogens with two attached hydrogens (primary N) is 1. The lowest BCUT2D eigenvalue weighted by Crippen LogP contribution is -2.03. The van der Waals surface area contributed by atoms with E-state index in [0.717, 1.165) is 5.56 Å². The number of rotatable bonds is 0. The maximum atomic E-state index is 5.72. The molecule has 0 atom stereocenters. The first-order valence-electron chi connectivity index (χ1n) is 5.58. The van der Waals surface area contributed by atoms with E-state index in [1.54, 1.807) is 6.20 Å². The van der Waals surface area contributed by atoms with E-state index in [1.165, 1.54) is 32.1 Å². The van der Waals surface area contributed by atoms with Gasteiger partial charge in [0.25, 0.3) is 0 Å². The van der Waals surface area contributed by atoms with Crippen LogP contribution in [0.5, 0.6) is 0 Å². The van der Waals surface area contributed by atoms with Crippen molar-refractivity contribution in [1.29, 1.82) is 0 Å². The van der Waals surface area contributed by atoms with E-state index in [9.17, 15) is 0 Å². The summed E-state index contributed by atoms with van der Waals surface area (Å²) in [5, 5.41) is 0. The van der Waals surface area contributed by atoms with Crippen LogP contribution in [-0.4, -0.2) is 4.98 Å². The average molecular weight is 200 g/mol. The zero-order valence-corrected chi connectivity index (χ0v) is 8.87. The van der Waals surface area contributed by atoms with Gasteiger partial charge >= 0.3 is 0 Å². The van der Waals surface area contributed by atoms with Crippen molar-refractivity contribution in [2.45, 2.75) is 32.1 Å². The molecule has 1 fully saturated rings. The molecule has 0 aliphatic heterocycles. The van der Waals surface area contributed by atoms with E-state index < -0.39 is 0 Å². The molecular weight excluding hydrogens is 184 g/mol. The summed E-state index contributed by atoms with van der Waals surface area (Å²) in [7, 11) is 0. The molecule has 2 N–H and O–H groups in total. The molecule has 2 nitrogen and oxygen atoms in total. The molecule has 0 aromatic carbocycles. The Balaban J connectivity index is 2.07.